The first-order chi connectivity index (χ1) is 8.20. The van der Waals surface area contributed by atoms with Gasteiger partial charge in [-0.3, -0.25) is 4.79 Å². The number of benzene rings is 1. The Bertz CT molecular complexity index is 295. The number of ether oxygens (including phenoxy) is 1. The van der Waals surface area contributed by atoms with Crippen molar-refractivity contribution < 1.29 is 12.4 Å². The molecule has 0 aliphatic rings. The van der Waals surface area contributed by atoms with Crippen LogP contribution in [-0.4, -0.2) is 35.6 Å². The molecule has 100 valence electrons. The molecule has 3 heteroatoms. The van der Waals surface area contributed by atoms with Crippen LogP contribution in [0.2, 0.25) is 0 Å². The van der Waals surface area contributed by atoms with Crippen molar-refractivity contribution >= 4 is 29.0 Å². The second-order valence-electron chi connectivity index (χ2n) is 3.92. The molecule has 0 N–H and O–H groups in total. The molecular weight excluding hydrogens is 236 g/mol. The van der Waals surface area contributed by atoms with E-state index in [2.05, 4.69) is 26.0 Å². The summed E-state index contributed by atoms with van der Waals surface area (Å²) in [6, 6.07) is 10.3. The summed E-state index contributed by atoms with van der Waals surface area (Å²) in [5.74, 6) is -0.0593. The van der Waals surface area contributed by atoms with Crippen LogP contribution >= 0.6 is 0 Å². The first kappa shape index (κ1) is 19.8. The summed E-state index contributed by atoms with van der Waals surface area (Å²) >= 11 is 0. The van der Waals surface area contributed by atoms with E-state index in [0.717, 1.165) is 19.3 Å². The minimum absolute atomic E-state index is 0. The van der Waals surface area contributed by atoms with Gasteiger partial charge in [0.15, 0.2) is 0 Å². The van der Waals surface area contributed by atoms with Crippen molar-refractivity contribution in [3.8, 4) is 0 Å². The Kier molecular flexibility index (Phi) is 16.0. The van der Waals surface area contributed by atoms with E-state index in [1.165, 1.54) is 5.56 Å². The molecule has 0 spiro atoms. The number of carbonyl (C=O) groups excluding carboxylic acids is 1. The number of unbranched alkanes of at least 4 members (excludes halogenated alkanes) is 2. The van der Waals surface area contributed by atoms with Crippen molar-refractivity contribution in [2.75, 3.05) is 6.61 Å². The molecule has 0 aromatic heterocycles. The average Bonchev–Trinajstić information content (AvgIpc) is 2.31. The Morgan fingerprint density at radius 1 is 1.17 bits per heavy atom. The van der Waals surface area contributed by atoms with Crippen LogP contribution in [0.1, 0.15) is 47.9 Å². The Hall–Kier alpha value is -0.544. The van der Waals surface area contributed by atoms with Gasteiger partial charge in [0.05, 0.1) is 6.61 Å². The SMILES string of the molecule is CCCCCC(=O)OCC.Cc1ccccc1.[H-].[H-].[Mg+2]. The molecular formula is C15H26MgO2. The molecule has 1 aromatic rings. The van der Waals surface area contributed by atoms with Gasteiger partial charge in [0.25, 0.3) is 0 Å². The zero-order chi connectivity index (χ0) is 12.9. The first-order valence-electron chi connectivity index (χ1n) is 6.38. The Balaban J connectivity index is -0.000000115. The van der Waals surface area contributed by atoms with E-state index in [4.69, 9.17) is 4.74 Å². The van der Waals surface area contributed by atoms with Crippen LogP contribution in [0.3, 0.4) is 0 Å². The third-order valence-electron chi connectivity index (χ3n) is 2.23. The van der Waals surface area contributed by atoms with Gasteiger partial charge < -0.3 is 7.59 Å². The predicted molar refractivity (Wildman–Crippen MR) is 79.9 cm³/mol. The zero-order valence-corrected chi connectivity index (χ0v) is 13.4. The maximum Gasteiger partial charge on any atom is 2.00 e. The van der Waals surface area contributed by atoms with Crippen LogP contribution in [-0.2, 0) is 9.53 Å². The summed E-state index contributed by atoms with van der Waals surface area (Å²) < 4.78 is 4.75. The van der Waals surface area contributed by atoms with Gasteiger partial charge in [-0.05, 0) is 20.3 Å². The van der Waals surface area contributed by atoms with E-state index in [1.807, 2.05) is 25.1 Å². The van der Waals surface area contributed by atoms with Gasteiger partial charge >= 0.3 is 29.0 Å². The topological polar surface area (TPSA) is 26.3 Å². The van der Waals surface area contributed by atoms with Gasteiger partial charge in [0.2, 0.25) is 0 Å². The van der Waals surface area contributed by atoms with Crippen LogP contribution < -0.4 is 0 Å². The second-order valence-corrected chi connectivity index (χ2v) is 3.92. The molecule has 0 heterocycles. The van der Waals surface area contributed by atoms with Crippen molar-refractivity contribution in [3.63, 3.8) is 0 Å². The molecule has 18 heavy (non-hydrogen) atoms. The molecule has 0 aliphatic carbocycles. The van der Waals surface area contributed by atoms with Gasteiger partial charge in [-0.1, -0.05) is 55.7 Å². The Morgan fingerprint density at radius 2 is 1.78 bits per heavy atom. The van der Waals surface area contributed by atoms with E-state index < -0.39 is 0 Å². The van der Waals surface area contributed by atoms with Crippen molar-refractivity contribution in [3.05, 3.63) is 35.9 Å². The fourth-order valence-electron chi connectivity index (χ4n) is 1.29. The number of hydrogen-bond donors (Lipinski definition) is 0. The van der Waals surface area contributed by atoms with E-state index in [-0.39, 0.29) is 31.9 Å². The largest absolute Gasteiger partial charge is 2.00 e. The van der Waals surface area contributed by atoms with Crippen molar-refractivity contribution in [2.24, 2.45) is 0 Å². The quantitative estimate of drug-likeness (QED) is 0.456. The maximum absolute atomic E-state index is 10.7. The zero-order valence-electron chi connectivity index (χ0n) is 13.9. The molecule has 0 bridgehead atoms. The van der Waals surface area contributed by atoms with Crippen LogP contribution in [0.4, 0.5) is 0 Å². The van der Waals surface area contributed by atoms with Crippen LogP contribution in [0.25, 0.3) is 0 Å². The monoisotopic (exact) mass is 262 g/mol. The molecule has 0 aliphatic heterocycles. The third kappa shape index (κ3) is 13.5. The average molecular weight is 263 g/mol. The fraction of sp³-hybridized carbons (Fsp3) is 0.533. The maximum atomic E-state index is 10.7. The minimum Gasteiger partial charge on any atom is -1.00 e. The van der Waals surface area contributed by atoms with Crippen LogP contribution in [0, 0.1) is 6.92 Å². The van der Waals surface area contributed by atoms with E-state index in [1.54, 1.807) is 0 Å². The minimum atomic E-state index is -0.0593. The molecule has 0 saturated heterocycles. The molecule has 0 radical (unpaired) electrons. The summed E-state index contributed by atoms with van der Waals surface area (Å²) in [5, 5.41) is 0. The predicted octanol–water partition coefficient (Wildman–Crippen LogP) is 3.97. The number of rotatable bonds is 5. The normalized spacial score (nSPS) is 8.61. The van der Waals surface area contributed by atoms with Gasteiger partial charge in [-0.25, -0.2) is 0 Å². The van der Waals surface area contributed by atoms with Crippen molar-refractivity contribution in [1.82, 2.24) is 0 Å². The molecule has 1 rings (SSSR count). The smallest absolute Gasteiger partial charge is 1.00 e. The molecule has 0 atom stereocenters. The van der Waals surface area contributed by atoms with Crippen molar-refractivity contribution in [2.45, 2.75) is 46.5 Å². The number of aryl methyl sites for hydroxylation is 1. The third-order valence-corrected chi connectivity index (χ3v) is 2.23. The van der Waals surface area contributed by atoms with E-state index in [9.17, 15) is 4.79 Å². The molecule has 0 saturated carbocycles. The summed E-state index contributed by atoms with van der Waals surface area (Å²) in [7, 11) is 0. The first-order valence-corrected chi connectivity index (χ1v) is 6.38. The van der Waals surface area contributed by atoms with Gasteiger partial charge in [0, 0.05) is 6.42 Å². The summed E-state index contributed by atoms with van der Waals surface area (Å²) in [5.41, 5.74) is 1.32. The number of esters is 1. The van der Waals surface area contributed by atoms with Gasteiger partial charge in [-0.2, -0.15) is 0 Å². The standard InChI is InChI=1S/C8H16O2.C7H8.Mg.2H/c1-3-5-6-7-8(9)10-4-2;1-7-5-3-2-4-6-7;;;/h3-7H2,1-2H3;2-6H,1H3;;;/q;;+2;2*-1. The van der Waals surface area contributed by atoms with Crippen LogP contribution in [0.15, 0.2) is 30.3 Å². The van der Waals surface area contributed by atoms with Gasteiger partial charge in [-0.15, -0.1) is 0 Å². The fourth-order valence-corrected chi connectivity index (χ4v) is 1.29. The molecule has 2 nitrogen and oxygen atoms in total. The summed E-state index contributed by atoms with van der Waals surface area (Å²) in [6.45, 7) is 6.54. The van der Waals surface area contributed by atoms with Gasteiger partial charge in [0.1, 0.15) is 0 Å². The van der Waals surface area contributed by atoms with Crippen molar-refractivity contribution in [1.29, 1.82) is 0 Å². The summed E-state index contributed by atoms with van der Waals surface area (Å²) in [6.07, 6.45) is 3.83. The molecule has 1 aromatic carbocycles. The van der Waals surface area contributed by atoms with E-state index >= 15 is 0 Å². The number of carbonyl (C=O) groups is 1. The molecule has 0 fully saturated rings. The Labute approximate surface area is 130 Å². The summed E-state index contributed by atoms with van der Waals surface area (Å²) in [4.78, 5) is 10.7. The second kappa shape index (κ2) is 14.5. The molecule has 0 amide bonds. The molecule has 0 unspecified atom stereocenters. The van der Waals surface area contributed by atoms with E-state index in [0.29, 0.717) is 13.0 Å². The number of hydrogen-bond acceptors (Lipinski definition) is 2. The Morgan fingerprint density at radius 3 is 2.17 bits per heavy atom. The van der Waals surface area contributed by atoms with Crippen LogP contribution in [0.5, 0.6) is 0 Å².